The van der Waals surface area contributed by atoms with Gasteiger partial charge in [-0.05, 0) is 37.1 Å². The van der Waals surface area contributed by atoms with E-state index in [1.54, 1.807) is 5.38 Å². The number of hydrogen-bond donors (Lipinski definition) is 1. The van der Waals surface area contributed by atoms with Crippen molar-refractivity contribution in [2.24, 2.45) is 0 Å². The van der Waals surface area contributed by atoms with Crippen molar-refractivity contribution in [1.82, 2.24) is 10.1 Å². The molecule has 6 nitrogen and oxygen atoms in total. The van der Waals surface area contributed by atoms with Gasteiger partial charge in [-0.1, -0.05) is 16.8 Å². The van der Waals surface area contributed by atoms with E-state index in [2.05, 4.69) is 14.9 Å². The molecule has 12 heteroatoms. The van der Waals surface area contributed by atoms with Crippen LogP contribution >= 0.6 is 22.9 Å². The van der Waals surface area contributed by atoms with Gasteiger partial charge in [-0.3, -0.25) is 4.72 Å². The molecule has 0 saturated heterocycles. The zero-order valence-electron chi connectivity index (χ0n) is 13.8. The van der Waals surface area contributed by atoms with Gasteiger partial charge in [-0.2, -0.15) is 18.2 Å². The summed E-state index contributed by atoms with van der Waals surface area (Å²) >= 11 is 6.45. The summed E-state index contributed by atoms with van der Waals surface area (Å²) < 4.78 is 71.1. The number of sulfonamides is 1. The van der Waals surface area contributed by atoms with Crippen LogP contribution in [0.3, 0.4) is 0 Å². The normalized spacial score (nSPS) is 15.0. The first-order valence-electron chi connectivity index (χ1n) is 7.95. The molecule has 2 aromatic heterocycles. The molecule has 1 saturated carbocycles. The van der Waals surface area contributed by atoms with Gasteiger partial charge in [0.25, 0.3) is 10.0 Å². The molecule has 2 heterocycles. The van der Waals surface area contributed by atoms with Crippen LogP contribution in [0.5, 0.6) is 0 Å². The number of nitrogens with one attached hydrogen (secondary N) is 1. The Balaban J connectivity index is 1.58. The Morgan fingerprint density at radius 2 is 2.00 bits per heavy atom. The Bertz CT molecular complexity index is 1140. The first-order valence-corrected chi connectivity index (χ1v) is 10.7. The van der Waals surface area contributed by atoms with Crippen LogP contribution in [0.4, 0.5) is 18.9 Å². The van der Waals surface area contributed by atoms with Crippen LogP contribution in [0.25, 0.3) is 11.4 Å². The summed E-state index contributed by atoms with van der Waals surface area (Å²) in [5.74, 6) is 1.05. The lowest BCUT2D eigenvalue weighted by Crippen LogP contribution is -2.13. The summed E-state index contributed by atoms with van der Waals surface area (Å²) in [6, 6.07) is 4.14. The van der Waals surface area contributed by atoms with Crippen LogP contribution in [-0.4, -0.2) is 18.6 Å². The predicted octanol–water partition coefficient (Wildman–Crippen LogP) is 5.15. The van der Waals surface area contributed by atoms with Crippen molar-refractivity contribution in [2.75, 3.05) is 4.72 Å². The molecular formula is C16H11ClF3N3O3S2. The van der Waals surface area contributed by atoms with Gasteiger partial charge >= 0.3 is 6.18 Å². The van der Waals surface area contributed by atoms with E-state index in [-0.39, 0.29) is 21.6 Å². The summed E-state index contributed by atoms with van der Waals surface area (Å²) in [6.07, 6.45) is -2.74. The molecule has 28 heavy (non-hydrogen) atoms. The Hall–Kier alpha value is -2.11. The summed E-state index contributed by atoms with van der Waals surface area (Å²) in [4.78, 5) is 4.24. The number of hydrogen-bond acceptors (Lipinski definition) is 6. The highest BCUT2D eigenvalue weighted by atomic mass is 35.5. The van der Waals surface area contributed by atoms with Gasteiger partial charge in [0.15, 0.2) is 0 Å². The first kappa shape index (κ1) is 19.2. The maximum atomic E-state index is 13.0. The van der Waals surface area contributed by atoms with Crippen molar-refractivity contribution < 1.29 is 26.1 Å². The first-order chi connectivity index (χ1) is 13.1. The largest absolute Gasteiger partial charge is 0.417 e. The van der Waals surface area contributed by atoms with Gasteiger partial charge in [-0.15, -0.1) is 11.3 Å². The van der Waals surface area contributed by atoms with Crippen LogP contribution in [0.2, 0.25) is 5.02 Å². The van der Waals surface area contributed by atoms with E-state index >= 15 is 0 Å². The van der Waals surface area contributed by atoms with Crippen LogP contribution < -0.4 is 4.72 Å². The molecule has 0 spiro atoms. The lowest BCUT2D eigenvalue weighted by molar-refractivity contribution is -0.137. The molecule has 0 unspecified atom stereocenters. The minimum absolute atomic E-state index is 0.0937. The van der Waals surface area contributed by atoms with E-state index in [1.807, 2.05) is 0 Å². The highest BCUT2D eigenvalue weighted by molar-refractivity contribution is 7.94. The molecule has 0 amide bonds. The molecule has 1 fully saturated rings. The third-order valence-electron chi connectivity index (χ3n) is 3.99. The number of nitrogens with zero attached hydrogens (tertiary/aromatic N) is 2. The zero-order valence-corrected chi connectivity index (χ0v) is 16.2. The number of aromatic nitrogens is 2. The number of halogens is 4. The molecule has 0 radical (unpaired) electrons. The fraction of sp³-hybridized carbons (Fsp3) is 0.250. The summed E-state index contributed by atoms with van der Waals surface area (Å²) in [7, 11) is -4.10. The van der Waals surface area contributed by atoms with Crippen LogP contribution in [0.15, 0.2) is 38.4 Å². The van der Waals surface area contributed by atoms with E-state index < -0.39 is 26.8 Å². The Morgan fingerprint density at radius 3 is 2.68 bits per heavy atom. The maximum absolute atomic E-state index is 13.0. The third kappa shape index (κ3) is 3.87. The molecule has 148 valence electrons. The molecule has 1 aromatic carbocycles. The standard InChI is InChI=1S/C16H11ClF3N3O3S2/c17-12-4-3-10(6-11(12)16(18,19)20)23-28(24,25)13-5-9(7-27-13)14-21-15(26-22-14)8-1-2-8/h3-8,23H,1-2H2. The van der Waals surface area contributed by atoms with Crippen molar-refractivity contribution in [2.45, 2.75) is 29.1 Å². The zero-order chi connectivity index (χ0) is 20.1. The number of benzene rings is 1. The molecule has 1 aliphatic carbocycles. The summed E-state index contributed by atoms with van der Waals surface area (Å²) in [6.45, 7) is 0. The number of anilines is 1. The fourth-order valence-corrected chi connectivity index (χ4v) is 4.87. The highest BCUT2D eigenvalue weighted by Gasteiger charge is 2.34. The van der Waals surface area contributed by atoms with Crippen LogP contribution in [0, 0.1) is 0 Å². The van der Waals surface area contributed by atoms with E-state index in [0.717, 1.165) is 36.3 Å². The topological polar surface area (TPSA) is 85.1 Å². The number of thiophene rings is 1. The van der Waals surface area contributed by atoms with Gasteiger partial charge in [-0.25, -0.2) is 8.42 Å². The summed E-state index contributed by atoms with van der Waals surface area (Å²) in [5.41, 5.74) is -0.920. The molecule has 1 aliphatic rings. The van der Waals surface area contributed by atoms with Crippen molar-refractivity contribution in [1.29, 1.82) is 0 Å². The van der Waals surface area contributed by atoms with Gasteiger partial charge < -0.3 is 4.52 Å². The van der Waals surface area contributed by atoms with E-state index in [0.29, 0.717) is 17.5 Å². The molecule has 1 N–H and O–H groups in total. The van der Waals surface area contributed by atoms with Crippen molar-refractivity contribution in [3.8, 4) is 11.4 Å². The average Bonchev–Trinajstić information content (AvgIpc) is 3.13. The van der Waals surface area contributed by atoms with Gasteiger partial charge in [0.1, 0.15) is 4.21 Å². The van der Waals surface area contributed by atoms with Crippen LogP contribution in [0.1, 0.15) is 30.2 Å². The Labute approximate surface area is 166 Å². The van der Waals surface area contributed by atoms with Crippen molar-refractivity contribution >= 4 is 38.6 Å². The van der Waals surface area contributed by atoms with Crippen molar-refractivity contribution in [3.05, 3.63) is 46.1 Å². The maximum Gasteiger partial charge on any atom is 0.417 e. The molecule has 4 rings (SSSR count). The quantitative estimate of drug-likeness (QED) is 0.582. The van der Waals surface area contributed by atoms with Gasteiger partial charge in [0.2, 0.25) is 11.7 Å². The molecule has 0 atom stereocenters. The lowest BCUT2D eigenvalue weighted by atomic mass is 10.2. The van der Waals surface area contributed by atoms with Gasteiger partial charge in [0.05, 0.1) is 10.6 Å². The summed E-state index contributed by atoms with van der Waals surface area (Å²) in [5, 5.41) is 4.87. The minimum atomic E-state index is -4.70. The predicted molar refractivity (Wildman–Crippen MR) is 96.8 cm³/mol. The monoisotopic (exact) mass is 449 g/mol. The minimum Gasteiger partial charge on any atom is -0.339 e. The second-order valence-corrected chi connectivity index (χ2v) is 9.41. The fourth-order valence-electron chi connectivity index (χ4n) is 2.43. The number of alkyl halides is 3. The van der Waals surface area contributed by atoms with Gasteiger partial charge in [0, 0.05) is 22.5 Å². The Kier molecular flexibility index (Phi) is 4.63. The average molecular weight is 450 g/mol. The van der Waals surface area contributed by atoms with Crippen LogP contribution in [-0.2, 0) is 16.2 Å². The number of rotatable bonds is 5. The van der Waals surface area contributed by atoms with E-state index in [1.165, 1.54) is 6.07 Å². The highest BCUT2D eigenvalue weighted by Crippen LogP contribution is 2.40. The molecule has 0 aliphatic heterocycles. The second-order valence-electron chi connectivity index (χ2n) is 6.18. The van der Waals surface area contributed by atoms with E-state index in [9.17, 15) is 21.6 Å². The smallest absolute Gasteiger partial charge is 0.339 e. The molecular weight excluding hydrogens is 439 g/mol. The van der Waals surface area contributed by atoms with E-state index in [4.69, 9.17) is 16.1 Å². The molecule has 3 aromatic rings. The molecule has 0 bridgehead atoms. The van der Waals surface area contributed by atoms with Crippen molar-refractivity contribution in [3.63, 3.8) is 0 Å². The lowest BCUT2D eigenvalue weighted by Gasteiger charge is -2.12. The Morgan fingerprint density at radius 1 is 1.25 bits per heavy atom. The second kappa shape index (κ2) is 6.75. The third-order valence-corrected chi connectivity index (χ3v) is 7.14. The SMILES string of the molecule is O=S(=O)(Nc1ccc(Cl)c(C(F)(F)F)c1)c1cc(-c2noc(C3CC3)n2)cs1.